The molecule has 3 aromatic carbocycles. The maximum atomic E-state index is 13.2. The lowest BCUT2D eigenvalue weighted by Crippen LogP contribution is -2.28. The standard InChI is InChI=1S/C24H20N2O2S/c27-17-20-13-11-18(12-14-20)15-22-23(28)26(16-19-7-3-1-4-8-19)24(29-22)25-21-9-5-2-6-10-21/h1-15,27H,16-17H2/b22-15-,25-24?. The zero-order valence-electron chi connectivity index (χ0n) is 15.7. The molecule has 1 heterocycles. The Kier molecular flexibility index (Phi) is 5.89. The van der Waals surface area contributed by atoms with E-state index in [9.17, 15) is 9.90 Å². The molecule has 29 heavy (non-hydrogen) atoms. The molecule has 1 amide bonds. The highest BCUT2D eigenvalue weighted by Crippen LogP contribution is 2.35. The summed E-state index contributed by atoms with van der Waals surface area (Å²) in [5.41, 5.74) is 3.62. The number of aliphatic imine (C=N–C) groups is 1. The lowest BCUT2D eigenvalue weighted by atomic mass is 10.1. The van der Waals surface area contributed by atoms with E-state index in [4.69, 9.17) is 4.99 Å². The molecule has 1 aliphatic rings. The van der Waals surface area contributed by atoms with E-state index in [0.717, 1.165) is 22.4 Å². The Morgan fingerprint density at radius 3 is 2.17 bits per heavy atom. The molecule has 0 radical (unpaired) electrons. The summed E-state index contributed by atoms with van der Waals surface area (Å²) >= 11 is 1.38. The van der Waals surface area contributed by atoms with Crippen molar-refractivity contribution in [1.82, 2.24) is 4.90 Å². The SMILES string of the molecule is O=C1/C(=C/c2ccc(CO)cc2)SC(=Nc2ccccc2)N1Cc1ccccc1. The van der Waals surface area contributed by atoms with Crippen LogP contribution in [0.1, 0.15) is 16.7 Å². The minimum atomic E-state index is -0.0558. The van der Waals surface area contributed by atoms with E-state index in [1.54, 1.807) is 4.90 Å². The first kappa shape index (κ1) is 19.2. The molecule has 0 aromatic heterocycles. The molecule has 3 aromatic rings. The van der Waals surface area contributed by atoms with Crippen LogP contribution in [0.15, 0.2) is 94.8 Å². The highest BCUT2D eigenvalue weighted by atomic mass is 32.2. The number of amides is 1. The number of hydrogen-bond donors (Lipinski definition) is 1. The van der Waals surface area contributed by atoms with Crippen LogP contribution in [0, 0.1) is 0 Å². The Morgan fingerprint density at radius 1 is 0.862 bits per heavy atom. The Hall–Kier alpha value is -3.15. The topological polar surface area (TPSA) is 52.9 Å². The molecule has 4 nitrogen and oxygen atoms in total. The van der Waals surface area contributed by atoms with Crippen molar-refractivity contribution in [3.05, 3.63) is 107 Å². The Morgan fingerprint density at radius 2 is 1.52 bits per heavy atom. The highest BCUT2D eigenvalue weighted by Gasteiger charge is 2.33. The van der Waals surface area contributed by atoms with Crippen LogP contribution in [-0.2, 0) is 17.9 Å². The number of benzene rings is 3. The van der Waals surface area contributed by atoms with E-state index in [-0.39, 0.29) is 12.5 Å². The van der Waals surface area contributed by atoms with Crippen molar-refractivity contribution in [2.45, 2.75) is 13.2 Å². The van der Waals surface area contributed by atoms with Gasteiger partial charge >= 0.3 is 0 Å². The molecule has 4 rings (SSSR count). The van der Waals surface area contributed by atoms with Crippen LogP contribution >= 0.6 is 11.8 Å². The van der Waals surface area contributed by atoms with Gasteiger partial charge in [0.05, 0.1) is 23.7 Å². The van der Waals surface area contributed by atoms with E-state index < -0.39 is 0 Å². The molecule has 1 aliphatic heterocycles. The monoisotopic (exact) mass is 400 g/mol. The van der Waals surface area contributed by atoms with E-state index in [1.807, 2.05) is 91.0 Å². The Balaban J connectivity index is 1.67. The summed E-state index contributed by atoms with van der Waals surface area (Å²) in [7, 11) is 0. The molecular weight excluding hydrogens is 380 g/mol. The normalized spacial score (nSPS) is 16.7. The summed E-state index contributed by atoms with van der Waals surface area (Å²) in [5, 5.41) is 9.88. The van der Waals surface area contributed by atoms with E-state index >= 15 is 0 Å². The highest BCUT2D eigenvalue weighted by molar-refractivity contribution is 8.18. The summed E-state index contributed by atoms with van der Waals surface area (Å²) in [6, 6.07) is 27.1. The zero-order chi connectivity index (χ0) is 20.1. The smallest absolute Gasteiger partial charge is 0.267 e. The quantitative estimate of drug-likeness (QED) is 0.615. The van der Waals surface area contributed by atoms with Crippen molar-refractivity contribution >= 4 is 34.6 Å². The van der Waals surface area contributed by atoms with E-state index in [0.29, 0.717) is 16.6 Å². The zero-order valence-corrected chi connectivity index (χ0v) is 16.5. The van der Waals surface area contributed by atoms with Crippen LogP contribution in [0.25, 0.3) is 6.08 Å². The Labute approximate surface area is 174 Å². The van der Waals surface area contributed by atoms with Gasteiger partial charge in [-0.15, -0.1) is 0 Å². The van der Waals surface area contributed by atoms with Crippen molar-refractivity contribution < 1.29 is 9.90 Å². The summed E-state index contributed by atoms with van der Waals surface area (Å²) in [6.45, 7) is 0.475. The van der Waals surface area contributed by atoms with Crippen LogP contribution in [0.2, 0.25) is 0 Å². The minimum absolute atomic E-state index is 0.00324. The summed E-state index contributed by atoms with van der Waals surface area (Å²) < 4.78 is 0. The number of carbonyl (C=O) groups excluding carboxylic acids is 1. The number of aliphatic hydroxyl groups excluding tert-OH is 1. The fourth-order valence-corrected chi connectivity index (χ4v) is 3.98. The van der Waals surface area contributed by atoms with Crippen LogP contribution in [0.5, 0.6) is 0 Å². The van der Waals surface area contributed by atoms with Crippen molar-refractivity contribution in [1.29, 1.82) is 0 Å². The third kappa shape index (κ3) is 4.65. The van der Waals surface area contributed by atoms with Gasteiger partial charge in [-0.3, -0.25) is 9.69 Å². The van der Waals surface area contributed by atoms with Gasteiger partial charge in [0.15, 0.2) is 5.17 Å². The number of amidine groups is 1. The van der Waals surface area contributed by atoms with Gasteiger partial charge in [-0.2, -0.15) is 0 Å². The van der Waals surface area contributed by atoms with Gasteiger partial charge < -0.3 is 5.11 Å². The molecule has 1 saturated heterocycles. The molecule has 0 aliphatic carbocycles. The lowest BCUT2D eigenvalue weighted by molar-refractivity contribution is -0.122. The average molecular weight is 401 g/mol. The van der Waals surface area contributed by atoms with E-state index in [2.05, 4.69) is 0 Å². The average Bonchev–Trinajstić information content (AvgIpc) is 3.04. The molecule has 1 fully saturated rings. The van der Waals surface area contributed by atoms with Crippen molar-refractivity contribution in [3.63, 3.8) is 0 Å². The second-order valence-electron chi connectivity index (χ2n) is 6.62. The van der Waals surface area contributed by atoms with Gasteiger partial charge in [0, 0.05) is 0 Å². The number of thioether (sulfide) groups is 1. The molecule has 0 atom stereocenters. The van der Waals surface area contributed by atoms with Gasteiger partial charge in [0.25, 0.3) is 5.91 Å². The molecule has 0 unspecified atom stereocenters. The fourth-order valence-electron chi connectivity index (χ4n) is 2.98. The van der Waals surface area contributed by atoms with Crippen molar-refractivity contribution in [2.75, 3.05) is 0 Å². The van der Waals surface area contributed by atoms with E-state index in [1.165, 1.54) is 11.8 Å². The number of carbonyl (C=O) groups is 1. The second kappa shape index (κ2) is 8.90. The van der Waals surface area contributed by atoms with Gasteiger partial charge in [-0.1, -0.05) is 72.8 Å². The molecule has 5 heteroatoms. The maximum absolute atomic E-state index is 13.2. The Bertz CT molecular complexity index is 1050. The van der Waals surface area contributed by atoms with Crippen molar-refractivity contribution in [3.8, 4) is 0 Å². The fraction of sp³-hybridized carbons (Fsp3) is 0.0833. The van der Waals surface area contributed by atoms with Gasteiger partial charge in [0.1, 0.15) is 0 Å². The first-order valence-corrected chi connectivity index (χ1v) is 10.1. The molecule has 0 bridgehead atoms. The predicted octanol–water partition coefficient (Wildman–Crippen LogP) is 4.98. The minimum Gasteiger partial charge on any atom is -0.392 e. The maximum Gasteiger partial charge on any atom is 0.267 e. The molecule has 0 saturated carbocycles. The third-order valence-electron chi connectivity index (χ3n) is 4.51. The van der Waals surface area contributed by atoms with Gasteiger partial charge in [-0.25, -0.2) is 4.99 Å². The molecule has 144 valence electrons. The van der Waals surface area contributed by atoms with Crippen molar-refractivity contribution in [2.24, 2.45) is 4.99 Å². The van der Waals surface area contributed by atoms with Gasteiger partial charge in [0.2, 0.25) is 0 Å². The molecule has 1 N–H and O–H groups in total. The van der Waals surface area contributed by atoms with Crippen LogP contribution in [-0.4, -0.2) is 21.1 Å². The number of aliphatic hydroxyl groups is 1. The van der Waals surface area contributed by atoms with Gasteiger partial charge in [-0.05, 0) is 46.7 Å². The number of para-hydroxylation sites is 1. The first-order chi connectivity index (χ1) is 14.2. The lowest BCUT2D eigenvalue weighted by Gasteiger charge is -2.15. The third-order valence-corrected chi connectivity index (χ3v) is 5.52. The van der Waals surface area contributed by atoms with Crippen LogP contribution in [0.3, 0.4) is 0 Å². The summed E-state index contributed by atoms with van der Waals surface area (Å²) in [6.07, 6.45) is 1.87. The number of rotatable bonds is 5. The number of hydrogen-bond acceptors (Lipinski definition) is 4. The largest absolute Gasteiger partial charge is 0.392 e. The number of nitrogens with zero attached hydrogens (tertiary/aromatic N) is 2. The first-order valence-electron chi connectivity index (χ1n) is 9.32. The summed E-state index contributed by atoms with van der Waals surface area (Å²) in [4.78, 5) is 20.2. The van der Waals surface area contributed by atoms with Crippen LogP contribution in [0.4, 0.5) is 5.69 Å². The van der Waals surface area contributed by atoms with Crippen LogP contribution < -0.4 is 0 Å². The second-order valence-corrected chi connectivity index (χ2v) is 7.63. The predicted molar refractivity (Wildman–Crippen MR) is 118 cm³/mol. The summed E-state index contributed by atoms with van der Waals surface area (Å²) in [5.74, 6) is -0.0558. The molecule has 0 spiro atoms. The molecular formula is C24H20N2O2S.